The van der Waals surface area contributed by atoms with E-state index in [1.54, 1.807) is 0 Å². The van der Waals surface area contributed by atoms with Crippen LogP contribution in [0, 0.1) is 5.92 Å². The van der Waals surface area contributed by atoms with Gasteiger partial charge in [0.2, 0.25) is 0 Å². The van der Waals surface area contributed by atoms with Crippen molar-refractivity contribution in [2.24, 2.45) is 5.92 Å². The molecule has 5 heteroatoms. The van der Waals surface area contributed by atoms with Crippen LogP contribution in [0.4, 0.5) is 0 Å². The van der Waals surface area contributed by atoms with E-state index in [1.807, 2.05) is 13.8 Å². The van der Waals surface area contributed by atoms with Crippen LogP contribution in [-0.2, 0) is 13.7 Å². The molecule has 0 aliphatic carbocycles. The number of unbranched alkanes of at least 4 members (excludes halogenated alkanes) is 1. The van der Waals surface area contributed by atoms with Gasteiger partial charge in [-0.3, -0.25) is 4.57 Å². The van der Waals surface area contributed by atoms with Crippen LogP contribution in [0.5, 0.6) is 0 Å². The van der Waals surface area contributed by atoms with Crippen molar-refractivity contribution in [3.63, 3.8) is 0 Å². The summed E-state index contributed by atoms with van der Waals surface area (Å²) in [6.45, 7) is 8.76. The van der Waals surface area contributed by atoms with E-state index in [0.717, 1.165) is 13.0 Å². The molecule has 0 aliphatic rings. The van der Waals surface area contributed by atoms with Crippen LogP contribution in [0.1, 0.15) is 53.4 Å². The Bertz CT molecular complexity index is 188. The number of hydroxylamine groups is 1. The fourth-order valence-electron chi connectivity index (χ4n) is 1.38. The van der Waals surface area contributed by atoms with E-state index < -0.39 is 8.25 Å². The van der Waals surface area contributed by atoms with Crippen LogP contribution in [-0.4, -0.2) is 12.6 Å². The standard InChI is InChI=1S/C11H26NO3P/c1-5-7-8-11(6-2)9-12-15-16(13)14-10(3)4/h10-12,16H,5-9H2,1-4H3. The normalized spacial score (nSPS) is 15.3. The number of hydrogen-bond acceptors (Lipinski definition) is 4. The summed E-state index contributed by atoms with van der Waals surface area (Å²) >= 11 is 0. The van der Waals surface area contributed by atoms with E-state index in [2.05, 4.69) is 19.3 Å². The smallest absolute Gasteiger partial charge is 0.307 e. The van der Waals surface area contributed by atoms with Crippen LogP contribution < -0.4 is 5.48 Å². The second kappa shape index (κ2) is 10.3. The van der Waals surface area contributed by atoms with Gasteiger partial charge in [0.05, 0.1) is 6.10 Å². The van der Waals surface area contributed by atoms with Crippen LogP contribution >= 0.6 is 8.25 Å². The molecule has 0 saturated heterocycles. The average Bonchev–Trinajstić information content (AvgIpc) is 2.22. The summed E-state index contributed by atoms with van der Waals surface area (Å²) in [5.74, 6) is 0.591. The maximum atomic E-state index is 11.2. The van der Waals surface area contributed by atoms with Gasteiger partial charge in [0.25, 0.3) is 0 Å². The van der Waals surface area contributed by atoms with Crippen molar-refractivity contribution >= 4 is 8.25 Å². The minimum atomic E-state index is -2.37. The third kappa shape index (κ3) is 9.34. The van der Waals surface area contributed by atoms with Gasteiger partial charge in [-0.2, -0.15) is 5.48 Å². The Morgan fingerprint density at radius 3 is 2.50 bits per heavy atom. The average molecular weight is 251 g/mol. The highest BCUT2D eigenvalue weighted by Gasteiger charge is 2.07. The molecule has 0 aliphatic heterocycles. The Balaban J connectivity index is 3.57. The first kappa shape index (κ1) is 16.1. The summed E-state index contributed by atoms with van der Waals surface area (Å²) in [7, 11) is -2.37. The molecule has 0 fully saturated rings. The van der Waals surface area contributed by atoms with E-state index in [-0.39, 0.29) is 6.10 Å². The Labute approximate surface area is 100.0 Å². The van der Waals surface area contributed by atoms with Crippen molar-refractivity contribution in [2.75, 3.05) is 6.54 Å². The van der Waals surface area contributed by atoms with Gasteiger partial charge in [-0.1, -0.05) is 33.1 Å². The first-order valence-electron chi connectivity index (χ1n) is 6.20. The molecule has 0 rings (SSSR count). The maximum Gasteiger partial charge on any atom is 0.335 e. The second-order valence-corrected chi connectivity index (χ2v) is 5.22. The molecule has 2 atom stereocenters. The van der Waals surface area contributed by atoms with Gasteiger partial charge < -0.3 is 4.52 Å². The molecule has 0 saturated carbocycles. The molecule has 2 unspecified atom stereocenters. The lowest BCUT2D eigenvalue weighted by Crippen LogP contribution is -2.21. The summed E-state index contributed by atoms with van der Waals surface area (Å²) in [4.78, 5) is 0. The lowest BCUT2D eigenvalue weighted by molar-refractivity contribution is 0.125. The van der Waals surface area contributed by atoms with E-state index in [1.165, 1.54) is 19.3 Å². The number of rotatable bonds is 10. The minimum absolute atomic E-state index is 0.0600. The third-order valence-electron chi connectivity index (χ3n) is 2.40. The number of hydrogen-bond donors (Lipinski definition) is 1. The summed E-state index contributed by atoms with van der Waals surface area (Å²) in [5, 5.41) is 0. The Morgan fingerprint density at radius 1 is 1.31 bits per heavy atom. The van der Waals surface area contributed by atoms with Gasteiger partial charge in [-0.15, -0.1) is 0 Å². The van der Waals surface area contributed by atoms with Gasteiger partial charge in [0.1, 0.15) is 0 Å². The molecular weight excluding hydrogens is 225 g/mol. The van der Waals surface area contributed by atoms with Gasteiger partial charge in [-0.25, -0.2) is 4.62 Å². The predicted octanol–water partition coefficient (Wildman–Crippen LogP) is 3.54. The molecule has 98 valence electrons. The van der Waals surface area contributed by atoms with Crippen LogP contribution in [0.3, 0.4) is 0 Å². The summed E-state index contributed by atoms with van der Waals surface area (Å²) in [5.41, 5.74) is 2.76. The van der Waals surface area contributed by atoms with Gasteiger partial charge >= 0.3 is 8.25 Å². The fourth-order valence-corrected chi connectivity index (χ4v) is 2.01. The monoisotopic (exact) mass is 251 g/mol. The molecule has 0 amide bonds. The van der Waals surface area contributed by atoms with Gasteiger partial charge in [0.15, 0.2) is 0 Å². The van der Waals surface area contributed by atoms with Crippen molar-refractivity contribution < 1.29 is 13.7 Å². The predicted molar refractivity (Wildman–Crippen MR) is 67.6 cm³/mol. The molecule has 1 N–H and O–H groups in total. The van der Waals surface area contributed by atoms with Crippen molar-refractivity contribution in [3.8, 4) is 0 Å². The first-order chi connectivity index (χ1) is 7.60. The van der Waals surface area contributed by atoms with Gasteiger partial charge in [0, 0.05) is 6.54 Å². The topological polar surface area (TPSA) is 47.6 Å². The van der Waals surface area contributed by atoms with E-state index in [4.69, 9.17) is 9.15 Å². The molecule has 16 heavy (non-hydrogen) atoms. The summed E-state index contributed by atoms with van der Waals surface area (Å²) in [6, 6.07) is 0. The molecule has 0 bridgehead atoms. The maximum absolute atomic E-state index is 11.2. The van der Waals surface area contributed by atoms with Crippen LogP contribution in [0.25, 0.3) is 0 Å². The molecule has 0 aromatic carbocycles. The highest BCUT2D eigenvalue weighted by Crippen LogP contribution is 2.24. The van der Waals surface area contributed by atoms with Crippen LogP contribution in [0.15, 0.2) is 0 Å². The van der Waals surface area contributed by atoms with E-state index in [0.29, 0.717) is 5.92 Å². The Kier molecular flexibility index (Phi) is 10.3. The Morgan fingerprint density at radius 2 is 2.00 bits per heavy atom. The molecular formula is C11H26NO3P. The largest absolute Gasteiger partial charge is 0.335 e. The first-order valence-corrected chi connectivity index (χ1v) is 7.42. The molecule has 4 nitrogen and oxygen atoms in total. The molecule has 0 heterocycles. The second-order valence-electron chi connectivity index (χ2n) is 4.28. The highest BCUT2D eigenvalue weighted by atomic mass is 31.1. The zero-order valence-corrected chi connectivity index (χ0v) is 11.9. The zero-order valence-electron chi connectivity index (χ0n) is 10.9. The molecule has 0 spiro atoms. The fraction of sp³-hybridized carbons (Fsp3) is 1.00. The van der Waals surface area contributed by atoms with Crippen molar-refractivity contribution in [3.05, 3.63) is 0 Å². The van der Waals surface area contributed by atoms with E-state index in [9.17, 15) is 4.57 Å². The van der Waals surface area contributed by atoms with Gasteiger partial charge in [-0.05, 0) is 26.2 Å². The third-order valence-corrected chi connectivity index (χ3v) is 3.38. The summed E-state index contributed by atoms with van der Waals surface area (Å²) < 4.78 is 21.2. The molecule has 0 radical (unpaired) electrons. The number of nitrogens with one attached hydrogen (secondary N) is 1. The van der Waals surface area contributed by atoms with Crippen molar-refractivity contribution in [1.82, 2.24) is 5.48 Å². The zero-order chi connectivity index (χ0) is 12.4. The lowest BCUT2D eigenvalue weighted by atomic mass is 10.00. The molecule has 0 aromatic rings. The quantitative estimate of drug-likeness (QED) is 0.476. The van der Waals surface area contributed by atoms with Crippen molar-refractivity contribution in [1.29, 1.82) is 0 Å². The lowest BCUT2D eigenvalue weighted by Gasteiger charge is -2.15. The molecule has 0 aromatic heterocycles. The highest BCUT2D eigenvalue weighted by molar-refractivity contribution is 7.33. The van der Waals surface area contributed by atoms with E-state index >= 15 is 0 Å². The Hall–Kier alpha value is 0.110. The SMILES string of the molecule is CCCCC(CC)CNO[PH](=O)OC(C)C. The van der Waals surface area contributed by atoms with Crippen molar-refractivity contribution in [2.45, 2.75) is 59.5 Å². The summed E-state index contributed by atoms with van der Waals surface area (Å²) in [6.07, 6.45) is 4.69. The van der Waals surface area contributed by atoms with Crippen LogP contribution in [0.2, 0.25) is 0 Å². The minimum Gasteiger partial charge on any atom is -0.307 e.